The first kappa shape index (κ1) is 16.8. The van der Waals surface area contributed by atoms with Gasteiger partial charge in [0.2, 0.25) is 0 Å². The summed E-state index contributed by atoms with van der Waals surface area (Å²) in [4.78, 5) is 29.5. The van der Waals surface area contributed by atoms with E-state index in [-0.39, 0.29) is 11.6 Å². The van der Waals surface area contributed by atoms with Crippen LogP contribution in [0.3, 0.4) is 0 Å². The van der Waals surface area contributed by atoms with E-state index in [0.717, 1.165) is 37.0 Å². The summed E-state index contributed by atoms with van der Waals surface area (Å²) in [6.45, 7) is 8.33. The van der Waals surface area contributed by atoms with E-state index in [1.807, 2.05) is 24.0 Å². The highest BCUT2D eigenvalue weighted by Gasteiger charge is 2.25. The van der Waals surface area contributed by atoms with Gasteiger partial charge in [-0.2, -0.15) is 0 Å². The minimum Gasteiger partial charge on any atom is -0.337 e. The molecule has 1 saturated heterocycles. The third-order valence-corrected chi connectivity index (χ3v) is 4.61. The van der Waals surface area contributed by atoms with Crippen LogP contribution in [0.1, 0.15) is 44.0 Å². The molecule has 0 saturated carbocycles. The van der Waals surface area contributed by atoms with E-state index in [9.17, 15) is 9.59 Å². The number of piperidine rings is 1. The summed E-state index contributed by atoms with van der Waals surface area (Å²) in [5.41, 5.74) is 2.08. The fourth-order valence-corrected chi connectivity index (χ4v) is 3.56. The van der Waals surface area contributed by atoms with Crippen molar-refractivity contribution < 1.29 is 4.79 Å². The smallest absolute Gasteiger partial charge is 0.326 e. The van der Waals surface area contributed by atoms with Gasteiger partial charge in [0.05, 0.1) is 11.0 Å². The zero-order valence-corrected chi connectivity index (χ0v) is 14.6. The molecule has 6 heteroatoms. The third kappa shape index (κ3) is 3.24. The number of carbonyl (C=O) groups excluding carboxylic acids is 1. The van der Waals surface area contributed by atoms with Crippen molar-refractivity contribution in [1.82, 2.24) is 19.8 Å². The molecular weight excluding hydrogens is 304 g/mol. The lowest BCUT2D eigenvalue weighted by molar-refractivity contribution is 0.0691. The first-order valence-corrected chi connectivity index (χ1v) is 8.77. The van der Waals surface area contributed by atoms with Gasteiger partial charge in [-0.1, -0.05) is 13.8 Å². The van der Waals surface area contributed by atoms with Crippen LogP contribution in [0.2, 0.25) is 0 Å². The number of aryl methyl sites for hydroxylation is 1. The molecule has 1 aromatic carbocycles. The number of hydrogen-bond acceptors (Lipinski definition) is 3. The van der Waals surface area contributed by atoms with Crippen LogP contribution in [0, 0.1) is 0 Å². The summed E-state index contributed by atoms with van der Waals surface area (Å²) < 4.78 is 1.67. The van der Waals surface area contributed by atoms with Crippen molar-refractivity contribution in [3.05, 3.63) is 34.2 Å². The van der Waals surface area contributed by atoms with Crippen molar-refractivity contribution in [1.29, 1.82) is 0 Å². The monoisotopic (exact) mass is 330 g/mol. The quantitative estimate of drug-likeness (QED) is 0.900. The number of benzene rings is 1. The second-order valence-electron chi connectivity index (χ2n) is 6.82. The molecule has 1 aromatic heterocycles. The van der Waals surface area contributed by atoms with Crippen LogP contribution in [0.25, 0.3) is 11.0 Å². The van der Waals surface area contributed by atoms with Gasteiger partial charge in [-0.25, -0.2) is 4.79 Å². The van der Waals surface area contributed by atoms with Crippen LogP contribution in [0.15, 0.2) is 23.0 Å². The van der Waals surface area contributed by atoms with Gasteiger partial charge in [0.15, 0.2) is 0 Å². The fraction of sp³-hybridized carbons (Fsp3) is 0.556. The van der Waals surface area contributed by atoms with Crippen LogP contribution < -0.4 is 11.0 Å². The Morgan fingerprint density at radius 3 is 2.92 bits per heavy atom. The van der Waals surface area contributed by atoms with Crippen LogP contribution in [-0.2, 0) is 6.54 Å². The molecule has 1 aliphatic heterocycles. The van der Waals surface area contributed by atoms with Crippen LogP contribution in [-0.4, -0.2) is 45.5 Å². The van der Waals surface area contributed by atoms with E-state index < -0.39 is 0 Å². The van der Waals surface area contributed by atoms with Gasteiger partial charge in [-0.15, -0.1) is 0 Å². The average Bonchev–Trinajstić information content (AvgIpc) is 2.87. The van der Waals surface area contributed by atoms with Gasteiger partial charge < -0.3 is 15.2 Å². The van der Waals surface area contributed by atoms with E-state index in [4.69, 9.17) is 0 Å². The van der Waals surface area contributed by atoms with Crippen LogP contribution in [0.5, 0.6) is 0 Å². The molecule has 0 radical (unpaired) electrons. The van der Waals surface area contributed by atoms with Gasteiger partial charge in [0.25, 0.3) is 5.91 Å². The Balaban J connectivity index is 1.82. The summed E-state index contributed by atoms with van der Waals surface area (Å²) in [6, 6.07) is 6.25. The van der Waals surface area contributed by atoms with Crippen LogP contribution >= 0.6 is 0 Å². The number of carbonyl (C=O) groups is 1. The standard InChI is InChI=1S/C18H26N4O2/c1-4-22-16-8-7-13(10-15(16)20-18(22)24)17(23)21-9-5-6-14(11-21)19-12(2)3/h7-8,10,12,14,19H,4-6,9,11H2,1-3H3,(H,20,24). The molecule has 1 atom stereocenters. The number of aromatic nitrogens is 2. The zero-order valence-electron chi connectivity index (χ0n) is 14.6. The Hall–Kier alpha value is -2.08. The molecule has 24 heavy (non-hydrogen) atoms. The number of nitrogens with one attached hydrogen (secondary N) is 2. The highest BCUT2D eigenvalue weighted by molar-refractivity contribution is 5.97. The number of fused-ring (bicyclic) bond motifs is 1. The number of amides is 1. The molecule has 2 aromatic rings. The van der Waals surface area contributed by atoms with E-state index >= 15 is 0 Å². The third-order valence-electron chi connectivity index (χ3n) is 4.61. The van der Waals surface area contributed by atoms with E-state index in [0.29, 0.717) is 24.2 Å². The minimum atomic E-state index is -0.128. The van der Waals surface area contributed by atoms with Gasteiger partial charge >= 0.3 is 5.69 Å². The van der Waals surface area contributed by atoms with E-state index in [2.05, 4.69) is 24.1 Å². The zero-order chi connectivity index (χ0) is 17.3. The first-order chi connectivity index (χ1) is 11.5. The van der Waals surface area contributed by atoms with Crippen LogP contribution in [0.4, 0.5) is 0 Å². The predicted molar refractivity (Wildman–Crippen MR) is 95.4 cm³/mol. The largest absolute Gasteiger partial charge is 0.337 e. The van der Waals surface area contributed by atoms with Crippen molar-refractivity contribution in [2.75, 3.05) is 13.1 Å². The number of H-pyrrole nitrogens is 1. The highest BCUT2D eigenvalue weighted by Crippen LogP contribution is 2.18. The SMILES string of the molecule is CCn1c(=O)[nH]c2cc(C(=O)N3CCCC(NC(C)C)C3)ccc21. The summed E-state index contributed by atoms with van der Waals surface area (Å²) >= 11 is 0. The summed E-state index contributed by atoms with van der Waals surface area (Å²) in [6.07, 6.45) is 2.12. The second kappa shape index (κ2) is 6.81. The molecule has 6 nitrogen and oxygen atoms in total. The molecule has 2 N–H and O–H groups in total. The molecule has 0 bridgehead atoms. The summed E-state index contributed by atoms with van der Waals surface area (Å²) in [5, 5.41) is 3.52. The van der Waals surface area contributed by atoms with Gasteiger partial charge in [0, 0.05) is 37.3 Å². The van der Waals surface area contributed by atoms with Crippen molar-refractivity contribution >= 4 is 16.9 Å². The van der Waals surface area contributed by atoms with Gasteiger partial charge in [0.1, 0.15) is 0 Å². The Kier molecular flexibility index (Phi) is 4.76. The lowest BCUT2D eigenvalue weighted by atomic mass is 10.0. The van der Waals surface area contributed by atoms with E-state index in [1.165, 1.54) is 0 Å². The molecule has 1 aliphatic rings. The lowest BCUT2D eigenvalue weighted by Gasteiger charge is -2.34. The number of imidazole rings is 1. The average molecular weight is 330 g/mol. The Labute approximate surface area is 141 Å². The van der Waals surface area contributed by atoms with Gasteiger partial charge in [-0.3, -0.25) is 9.36 Å². The Morgan fingerprint density at radius 1 is 1.42 bits per heavy atom. The summed E-state index contributed by atoms with van der Waals surface area (Å²) in [5.74, 6) is 0.0391. The molecule has 1 unspecified atom stereocenters. The maximum absolute atomic E-state index is 12.8. The lowest BCUT2D eigenvalue weighted by Crippen LogP contribution is -2.49. The second-order valence-corrected chi connectivity index (χ2v) is 6.82. The van der Waals surface area contributed by atoms with Crippen molar-refractivity contribution in [2.24, 2.45) is 0 Å². The van der Waals surface area contributed by atoms with Crippen molar-refractivity contribution in [3.63, 3.8) is 0 Å². The molecule has 130 valence electrons. The molecule has 3 rings (SSSR count). The molecular formula is C18H26N4O2. The maximum atomic E-state index is 12.8. The first-order valence-electron chi connectivity index (χ1n) is 8.77. The number of aromatic amines is 1. The molecule has 1 fully saturated rings. The molecule has 0 aliphatic carbocycles. The maximum Gasteiger partial charge on any atom is 0.326 e. The highest BCUT2D eigenvalue weighted by atomic mass is 16.2. The van der Waals surface area contributed by atoms with Crippen molar-refractivity contribution in [3.8, 4) is 0 Å². The molecule has 1 amide bonds. The van der Waals surface area contributed by atoms with Crippen molar-refractivity contribution in [2.45, 2.75) is 52.2 Å². The molecule has 0 spiro atoms. The number of rotatable bonds is 4. The summed E-state index contributed by atoms with van der Waals surface area (Å²) in [7, 11) is 0. The van der Waals surface area contributed by atoms with Gasteiger partial charge in [-0.05, 0) is 38.0 Å². The Morgan fingerprint density at radius 2 is 2.21 bits per heavy atom. The topological polar surface area (TPSA) is 70.1 Å². The fourth-order valence-electron chi connectivity index (χ4n) is 3.56. The normalized spacial score (nSPS) is 18.5. The number of likely N-dealkylation sites (tertiary alicyclic amines) is 1. The number of nitrogens with zero attached hydrogens (tertiary/aromatic N) is 2. The minimum absolute atomic E-state index is 0.0391. The van der Waals surface area contributed by atoms with E-state index in [1.54, 1.807) is 10.6 Å². The Bertz CT molecular complexity index is 790. The number of hydrogen-bond donors (Lipinski definition) is 2. The predicted octanol–water partition coefficient (Wildman–Crippen LogP) is 1.95. The molecule has 2 heterocycles.